The van der Waals surface area contributed by atoms with Gasteiger partial charge in [-0.3, -0.25) is 9.59 Å². The van der Waals surface area contributed by atoms with Crippen LogP contribution in [0.15, 0.2) is 48.5 Å². The van der Waals surface area contributed by atoms with Gasteiger partial charge in [-0.25, -0.2) is 10.9 Å². The van der Waals surface area contributed by atoms with Crippen molar-refractivity contribution in [2.45, 2.75) is 19.5 Å². The van der Waals surface area contributed by atoms with Crippen molar-refractivity contribution in [3.8, 4) is 0 Å². The molecule has 0 aromatic heterocycles. The van der Waals surface area contributed by atoms with Gasteiger partial charge in [-0.1, -0.05) is 19.1 Å². The van der Waals surface area contributed by atoms with Crippen LogP contribution in [0.3, 0.4) is 0 Å². The Morgan fingerprint density at radius 1 is 1.08 bits per heavy atom. The summed E-state index contributed by atoms with van der Waals surface area (Å²) in [7, 11) is 0. The highest BCUT2D eigenvalue weighted by molar-refractivity contribution is 6.07. The average molecular weight is 351 g/mol. The molecule has 0 saturated carbocycles. The molecule has 0 fully saturated rings. The molecule has 0 bridgehead atoms. The molecule has 5 nitrogen and oxygen atoms in total. The predicted molar refractivity (Wildman–Crippen MR) is 86.8 cm³/mol. The molecule has 0 radical (unpaired) electrons. The number of nitrogens with two attached hydrogens (primary N) is 1. The maximum absolute atomic E-state index is 12.6. The third kappa shape index (κ3) is 4.36. The molecule has 132 valence electrons. The van der Waals surface area contributed by atoms with Crippen LogP contribution < -0.4 is 11.2 Å². The second-order valence-corrected chi connectivity index (χ2v) is 5.17. The minimum absolute atomic E-state index is 0.0662. The smallest absolute Gasteiger partial charge is 0.355 e. The van der Waals surface area contributed by atoms with Crippen LogP contribution in [0.25, 0.3) is 0 Å². The van der Waals surface area contributed by atoms with E-state index >= 15 is 0 Å². The number of para-hydroxylation sites is 1. The molecule has 0 aliphatic heterocycles. The van der Waals surface area contributed by atoms with Crippen LogP contribution in [0.4, 0.5) is 24.5 Å². The largest absolute Gasteiger partial charge is 0.416 e. The Morgan fingerprint density at radius 3 is 2.24 bits per heavy atom. The fourth-order valence-corrected chi connectivity index (χ4v) is 2.09. The number of nitrogens with one attached hydrogen (secondary N) is 1. The fraction of sp³-hybridized carbons (Fsp3) is 0.176. The Kier molecular flexibility index (Phi) is 5.43. The minimum Gasteiger partial charge on any atom is -0.355 e. The topological polar surface area (TPSA) is 75.4 Å². The van der Waals surface area contributed by atoms with Crippen molar-refractivity contribution in [1.29, 1.82) is 0 Å². The number of carbonyl (C=O) groups is 2. The third-order valence-electron chi connectivity index (χ3n) is 3.44. The molecule has 2 aromatic carbocycles. The number of benzene rings is 2. The zero-order chi connectivity index (χ0) is 18.6. The second kappa shape index (κ2) is 7.35. The minimum atomic E-state index is -4.42. The van der Waals surface area contributed by atoms with Crippen molar-refractivity contribution in [1.82, 2.24) is 5.01 Å². The third-order valence-corrected chi connectivity index (χ3v) is 3.44. The molecule has 8 heteroatoms. The van der Waals surface area contributed by atoms with E-state index in [-0.39, 0.29) is 12.0 Å². The van der Waals surface area contributed by atoms with Crippen molar-refractivity contribution < 1.29 is 22.8 Å². The van der Waals surface area contributed by atoms with Gasteiger partial charge in [-0.05, 0) is 36.4 Å². The summed E-state index contributed by atoms with van der Waals surface area (Å²) in [6.45, 7) is 1.57. The predicted octanol–water partition coefficient (Wildman–Crippen LogP) is 3.70. The van der Waals surface area contributed by atoms with Crippen LogP contribution in [-0.2, 0) is 11.0 Å². The maximum Gasteiger partial charge on any atom is 0.416 e. The Bertz CT molecular complexity index is 773. The number of imide groups is 1. The van der Waals surface area contributed by atoms with E-state index in [0.717, 1.165) is 12.1 Å². The van der Waals surface area contributed by atoms with E-state index in [0.29, 0.717) is 16.4 Å². The van der Waals surface area contributed by atoms with Gasteiger partial charge in [0.2, 0.25) is 5.91 Å². The lowest BCUT2D eigenvalue weighted by atomic mass is 10.1. The summed E-state index contributed by atoms with van der Waals surface area (Å²) >= 11 is 0. The molecule has 0 atom stereocenters. The van der Waals surface area contributed by atoms with Crippen LogP contribution in [0, 0.1) is 0 Å². The number of carbonyl (C=O) groups excluding carboxylic acids is 2. The molecular weight excluding hydrogens is 335 g/mol. The van der Waals surface area contributed by atoms with Crippen molar-refractivity contribution in [2.75, 3.05) is 5.32 Å². The zero-order valence-electron chi connectivity index (χ0n) is 13.3. The molecule has 0 aliphatic rings. The van der Waals surface area contributed by atoms with Gasteiger partial charge in [0.15, 0.2) is 0 Å². The highest BCUT2D eigenvalue weighted by atomic mass is 19.4. The van der Waals surface area contributed by atoms with Crippen LogP contribution >= 0.6 is 0 Å². The zero-order valence-corrected chi connectivity index (χ0v) is 13.3. The first kappa shape index (κ1) is 18.5. The van der Waals surface area contributed by atoms with Crippen molar-refractivity contribution in [3.63, 3.8) is 0 Å². The molecule has 2 rings (SSSR count). The van der Waals surface area contributed by atoms with Crippen molar-refractivity contribution >= 4 is 23.2 Å². The molecule has 3 N–H and O–H groups in total. The monoisotopic (exact) mass is 351 g/mol. The fourth-order valence-electron chi connectivity index (χ4n) is 2.09. The summed E-state index contributed by atoms with van der Waals surface area (Å²) in [4.78, 5) is 23.9. The van der Waals surface area contributed by atoms with Gasteiger partial charge in [0.1, 0.15) is 0 Å². The number of hydrogen-bond donors (Lipinski definition) is 2. The Balaban J connectivity index is 2.26. The Hall–Kier alpha value is -2.87. The normalized spacial score (nSPS) is 11.1. The van der Waals surface area contributed by atoms with E-state index in [9.17, 15) is 22.8 Å². The standard InChI is InChI=1S/C17H16F3N3O2/c1-2-15(24)23(21)16(25)13-5-3-4-6-14(13)22-12-9-7-11(8-10-12)17(18,19)20/h3-10,22H,2,21H2,1H3. The van der Waals surface area contributed by atoms with Crippen molar-refractivity contribution in [2.24, 2.45) is 5.84 Å². The first-order valence-electron chi connectivity index (χ1n) is 7.39. The number of nitrogens with zero attached hydrogens (tertiary/aromatic N) is 1. The summed E-state index contributed by atoms with van der Waals surface area (Å²) in [6, 6.07) is 10.6. The first-order chi connectivity index (χ1) is 11.7. The average Bonchev–Trinajstić information content (AvgIpc) is 2.60. The molecular formula is C17H16F3N3O2. The maximum atomic E-state index is 12.6. The lowest BCUT2D eigenvalue weighted by molar-refractivity contribution is -0.137. The lowest BCUT2D eigenvalue weighted by Crippen LogP contribution is -2.42. The molecule has 0 aliphatic carbocycles. The van der Waals surface area contributed by atoms with Crippen LogP contribution in [0.5, 0.6) is 0 Å². The van der Waals surface area contributed by atoms with E-state index in [1.165, 1.54) is 18.2 Å². The van der Waals surface area contributed by atoms with Gasteiger partial charge in [0.25, 0.3) is 5.91 Å². The van der Waals surface area contributed by atoms with E-state index in [2.05, 4.69) is 5.32 Å². The van der Waals surface area contributed by atoms with E-state index in [1.807, 2.05) is 0 Å². The molecule has 0 saturated heterocycles. The van der Waals surface area contributed by atoms with E-state index < -0.39 is 23.6 Å². The molecule has 0 unspecified atom stereocenters. The SMILES string of the molecule is CCC(=O)N(N)C(=O)c1ccccc1Nc1ccc(C(F)(F)F)cc1. The molecule has 0 spiro atoms. The summed E-state index contributed by atoms with van der Waals surface area (Å²) in [6.07, 6.45) is -4.36. The number of halogens is 3. The highest BCUT2D eigenvalue weighted by Gasteiger charge is 2.30. The quantitative estimate of drug-likeness (QED) is 0.500. The number of hydrogen-bond acceptors (Lipinski definition) is 4. The summed E-state index contributed by atoms with van der Waals surface area (Å²) < 4.78 is 37.8. The number of amides is 2. The van der Waals surface area contributed by atoms with Gasteiger partial charge in [-0.2, -0.15) is 13.2 Å². The number of rotatable bonds is 4. The molecule has 0 heterocycles. The molecule has 25 heavy (non-hydrogen) atoms. The van der Waals surface area contributed by atoms with Crippen LogP contribution in [0.1, 0.15) is 29.3 Å². The van der Waals surface area contributed by atoms with Gasteiger partial charge < -0.3 is 5.32 Å². The van der Waals surface area contributed by atoms with Crippen LogP contribution in [-0.4, -0.2) is 16.8 Å². The molecule has 2 amide bonds. The number of hydrazine groups is 1. The summed E-state index contributed by atoms with van der Waals surface area (Å²) in [5.74, 6) is 4.26. The van der Waals surface area contributed by atoms with Gasteiger partial charge >= 0.3 is 6.18 Å². The van der Waals surface area contributed by atoms with Gasteiger partial charge in [-0.15, -0.1) is 0 Å². The molecule has 2 aromatic rings. The second-order valence-electron chi connectivity index (χ2n) is 5.17. The number of alkyl halides is 3. The van der Waals surface area contributed by atoms with Gasteiger partial charge in [0, 0.05) is 12.1 Å². The first-order valence-corrected chi connectivity index (χ1v) is 7.39. The van der Waals surface area contributed by atoms with E-state index in [1.54, 1.807) is 25.1 Å². The Morgan fingerprint density at radius 2 is 1.68 bits per heavy atom. The van der Waals surface area contributed by atoms with Gasteiger partial charge in [0.05, 0.1) is 16.8 Å². The lowest BCUT2D eigenvalue weighted by Gasteiger charge is -2.17. The highest BCUT2D eigenvalue weighted by Crippen LogP contribution is 2.30. The number of anilines is 2. The summed E-state index contributed by atoms with van der Waals surface area (Å²) in [5.41, 5.74) is 0.0426. The van der Waals surface area contributed by atoms with Crippen LogP contribution in [0.2, 0.25) is 0 Å². The van der Waals surface area contributed by atoms with Crippen molar-refractivity contribution in [3.05, 3.63) is 59.7 Å². The summed E-state index contributed by atoms with van der Waals surface area (Å²) in [5, 5.41) is 3.38. The van der Waals surface area contributed by atoms with E-state index in [4.69, 9.17) is 5.84 Å². The Labute approximate surface area is 142 Å².